The first-order valence-corrected chi connectivity index (χ1v) is 8.05. The number of aromatic amines is 1. The topological polar surface area (TPSA) is 96.5 Å². The molecule has 1 atom stereocenters. The Morgan fingerprint density at radius 1 is 1.35 bits per heavy atom. The van der Waals surface area contributed by atoms with Gasteiger partial charge in [0.15, 0.2) is 0 Å². The van der Waals surface area contributed by atoms with Crippen molar-refractivity contribution in [3.63, 3.8) is 0 Å². The third-order valence-electron chi connectivity index (χ3n) is 2.84. The van der Waals surface area contributed by atoms with Gasteiger partial charge in [-0.25, -0.2) is 4.79 Å². The number of carbonyl (C=O) groups is 2. The maximum absolute atomic E-state index is 12.1. The highest BCUT2D eigenvalue weighted by Gasteiger charge is 2.28. The minimum Gasteiger partial charge on any atom is -0.477 e. The van der Waals surface area contributed by atoms with Crippen LogP contribution in [0.4, 0.5) is 0 Å². The van der Waals surface area contributed by atoms with Gasteiger partial charge < -0.3 is 14.6 Å². The van der Waals surface area contributed by atoms with Crippen molar-refractivity contribution >= 4 is 29.8 Å². The first-order valence-electron chi connectivity index (χ1n) is 5.98. The zero-order chi connectivity index (χ0) is 14.9. The maximum Gasteiger partial charge on any atom is 0.352 e. The summed E-state index contributed by atoms with van der Waals surface area (Å²) >= 11 is 0. The monoisotopic (exact) mass is 295 g/mol. The fourth-order valence-corrected chi connectivity index (χ4v) is 3.14. The Morgan fingerprint density at radius 2 is 2.05 bits per heavy atom. The number of H-pyrrole nitrogens is 1. The molecular formula is C13H14NO5P. The Bertz CT molecular complexity index is 733. The molecule has 0 aliphatic heterocycles. The Hall–Kier alpha value is -1.91. The zero-order valence-electron chi connectivity index (χ0n) is 11.0. The average Bonchev–Trinajstić information content (AvgIpc) is 2.80. The van der Waals surface area contributed by atoms with Gasteiger partial charge in [0.05, 0.1) is 6.61 Å². The molecule has 1 unspecified atom stereocenters. The van der Waals surface area contributed by atoms with E-state index in [-0.39, 0.29) is 17.9 Å². The standard InChI is InChI=1S/C13H14NO5P/c1-3-19-20(2,18)13(17)8-4-5-10-9(6-8)7-11(14-10)12(15)16/h4-7,14H,3H2,1-2H3,(H,15,16). The van der Waals surface area contributed by atoms with Crippen molar-refractivity contribution in [3.8, 4) is 0 Å². The second-order valence-electron chi connectivity index (χ2n) is 4.36. The third kappa shape index (κ3) is 2.66. The van der Waals surface area contributed by atoms with Gasteiger partial charge in [-0.05, 0) is 31.2 Å². The van der Waals surface area contributed by atoms with Crippen molar-refractivity contribution in [1.82, 2.24) is 4.98 Å². The summed E-state index contributed by atoms with van der Waals surface area (Å²) in [7, 11) is -3.36. The van der Waals surface area contributed by atoms with Crippen LogP contribution >= 0.6 is 7.37 Å². The van der Waals surface area contributed by atoms with Crippen LogP contribution in [-0.2, 0) is 9.09 Å². The summed E-state index contributed by atoms with van der Waals surface area (Å²) in [5, 5.41) is 9.47. The van der Waals surface area contributed by atoms with Crippen molar-refractivity contribution in [2.45, 2.75) is 6.92 Å². The van der Waals surface area contributed by atoms with Gasteiger partial charge >= 0.3 is 5.97 Å². The van der Waals surface area contributed by atoms with E-state index in [2.05, 4.69) is 4.98 Å². The predicted molar refractivity (Wildman–Crippen MR) is 74.7 cm³/mol. The molecule has 106 valence electrons. The number of rotatable bonds is 5. The molecule has 0 spiro atoms. The Kier molecular flexibility index (Phi) is 3.79. The van der Waals surface area contributed by atoms with Gasteiger partial charge in [0.25, 0.3) is 7.37 Å². The SMILES string of the molecule is CCOP(C)(=O)C(=O)c1ccc2[nH]c(C(=O)O)cc2c1. The number of hydrogen-bond acceptors (Lipinski definition) is 4. The van der Waals surface area contributed by atoms with E-state index in [0.717, 1.165) is 0 Å². The largest absolute Gasteiger partial charge is 0.477 e. The Labute approximate surface area is 115 Å². The minimum atomic E-state index is -3.36. The Balaban J connectivity index is 2.44. The first-order chi connectivity index (χ1) is 9.35. The molecule has 0 fully saturated rings. The average molecular weight is 295 g/mol. The molecule has 0 aliphatic rings. The number of aromatic nitrogens is 1. The molecule has 1 aromatic carbocycles. The van der Waals surface area contributed by atoms with Gasteiger partial charge in [0.2, 0.25) is 5.52 Å². The summed E-state index contributed by atoms with van der Waals surface area (Å²) in [5.41, 5.74) is 0.308. The van der Waals surface area contributed by atoms with E-state index in [1.54, 1.807) is 13.0 Å². The summed E-state index contributed by atoms with van der Waals surface area (Å²) in [5.74, 6) is -1.08. The molecule has 0 radical (unpaired) electrons. The number of carboxylic acid groups (broad SMARTS) is 1. The van der Waals surface area contributed by atoms with Gasteiger partial charge in [0.1, 0.15) is 5.69 Å². The summed E-state index contributed by atoms with van der Waals surface area (Å²) in [6.45, 7) is 3.13. The van der Waals surface area contributed by atoms with Crippen LogP contribution in [0, 0.1) is 0 Å². The third-order valence-corrected chi connectivity index (χ3v) is 4.59. The van der Waals surface area contributed by atoms with Crippen molar-refractivity contribution < 1.29 is 23.8 Å². The van der Waals surface area contributed by atoms with Crippen molar-refractivity contribution in [2.75, 3.05) is 13.3 Å². The van der Waals surface area contributed by atoms with Crippen LogP contribution in [0.3, 0.4) is 0 Å². The summed E-state index contributed by atoms with van der Waals surface area (Å²) in [6, 6.07) is 6.02. The number of aromatic carboxylic acids is 1. The molecule has 0 saturated heterocycles. The van der Waals surface area contributed by atoms with Gasteiger partial charge in [-0.3, -0.25) is 9.36 Å². The quantitative estimate of drug-likeness (QED) is 0.827. The normalized spacial score (nSPS) is 14.1. The lowest BCUT2D eigenvalue weighted by molar-refractivity contribution is 0.0691. The van der Waals surface area contributed by atoms with E-state index in [9.17, 15) is 14.2 Å². The number of nitrogens with one attached hydrogen (secondary N) is 1. The highest BCUT2D eigenvalue weighted by Crippen LogP contribution is 2.46. The second-order valence-corrected chi connectivity index (χ2v) is 6.72. The van der Waals surface area contributed by atoms with Gasteiger partial charge in [-0.2, -0.15) is 0 Å². The van der Waals surface area contributed by atoms with Crippen LogP contribution in [-0.4, -0.2) is 34.9 Å². The van der Waals surface area contributed by atoms with Crippen molar-refractivity contribution in [1.29, 1.82) is 0 Å². The van der Waals surface area contributed by atoms with E-state index in [1.807, 2.05) is 0 Å². The first kappa shape index (κ1) is 14.5. The molecule has 1 aromatic heterocycles. The second kappa shape index (κ2) is 5.23. The fourth-order valence-electron chi connectivity index (χ4n) is 1.92. The lowest BCUT2D eigenvalue weighted by Crippen LogP contribution is -2.03. The summed E-state index contributed by atoms with van der Waals surface area (Å²) in [6.07, 6.45) is 0. The number of fused-ring (bicyclic) bond motifs is 1. The van der Waals surface area contributed by atoms with Crippen LogP contribution < -0.4 is 0 Å². The molecule has 2 aromatic rings. The molecule has 0 amide bonds. The fraction of sp³-hybridized carbons (Fsp3) is 0.231. The van der Waals surface area contributed by atoms with Crippen molar-refractivity contribution in [3.05, 3.63) is 35.5 Å². The van der Waals surface area contributed by atoms with E-state index in [0.29, 0.717) is 10.9 Å². The van der Waals surface area contributed by atoms with Gasteiger partial charge in [-0.1, -0.05) is 0 Å². The zero-order valence-corrected chi connectivity index (χ0v) is 11.9. The van der Waals surface area contributed by atoms with Crippen LogP contribution in [0.25, 0.3) is 10.9 Å². The molecule has 20 heavy (non-hydrogen) atoms. The highest BCUT2D eigenvalue weighted by atomic mass is 31.2. The maximum atomic E-state index is 12.1. The smallest absolute Gasteiger partial charge is 0.352 e. The number of carboxylic acids is 1. The van der Waals surface area contributed by atoms with E-state index >= 15 is 0 Å². The lowest BCUT2D eigenvalue weighted by Gasteiger charge is -2.10. The number of benzene rings is 1. The van der Waals surface area contributed by atoms with Crippen LogP contribution in [0.15, 0.2) is 24.3 Å². The molecule has 1 heterocycles. The molecule has 2 rings (SSSR count). The molecule has 0 bridgehead atoms. The van der Waals surface area contributed by atoms with Crippen LogP contribution in [0.1, 0.15) is 27.8 Å². The molecule has 0 aliphatic carbocycles. The van der Waals surface area contributed by atoms with E-state index in [4.69, 9.17) is 9.63 Å². The molecule has 0 saturated carbocycles. The van der Waals surface area contributed by atoms with Gasteiger partial charge in [-0.15, -0.1) is 0 Å². The van der Waals surface area contributed by atoms with Crippen LogP contribution in [0.5, 0.6) is 0 Å². The minimum absolute atomic E-state index is 0.0362. The molecule has 2 N–H and O–H groups in total. The summed E-state index contributed by atoms with van der Waals surface area (Å²) in [4.78, 5) is 25.7. The molecular weight excluding hydrogens is 281 g/mol. The molecule has 7 heteroatoms. The van der Waals surface area contributed by atoms with Crippen LogP contribution in [0.2, 0.25) is 0 Å². The van der Waals surface area contributed by atoms with Gasteiger partial charge in [0, 0.05) is 23.1 Å². The Morgan fingerprint density at radius 3 is 2.65 bits per heavy atom. The summed E-state index contributed by atoms with van der Waals surface area (Å²) < 4.78 is 17.1. The lowest BCUT2D eigenvalue weighted by atomic mass is 10.2. The predicted octanol–water partition coefficient (Wildman–Crippen LogP) is 2.95. The number of carbonyl (C=O) groups excluding carboxylic acids is 1. The number of hydrogen-bond donors (Lipinski definition) is 2. The van der Waals surface area contributed by atoms with Crippen molar-refractivity contribution in [2.24, 2.45) is 0 Å². The van der Waals surface area contributed by atoms with E-state index < -0.39 is 18.9 Å². The molecule has 6 nitrogen and oxygen atoms in total. The highest BCUT2D eigenvalue weighted by molar-refractivity contribution is 7.76. The van der Waals surface area contributed by atoms with E-state index in [1.165, 1.54) is 24.9 Å².